The van der Waals surface area contributed by atoms with Gasteiger partial charge in [-0.15, -0.1) is 0 Å². The van der Waals surface area contributed by atoms with Crippen molar-refractivity contribution in [2.24, 2.45) is 0 Å². The van der Waals surface area contributed by atoms with Gasteiger partial charge in [-0.2, -0.15) is 0 Å². The number of nitrogens with zero attached hydrogens (tertiary/aromatic N) is 2. The Bertz CT molecular complexity index is 761. The Balaban J connectivity index is 1.58. The average Bonchev–Trinajstić information content (AvgIpc) is 2.61. The Morgan fingerprint density at radius 3 is 2.44 bits per heavy atom. The third kappa shape index (κ3) is 4.17. The largest absolute Gasteiger partial charge is 0.348 e. The summed E-state index contributed by atoms with van der Waals surface area (Å²) in [5.74, 6) is 0.130. The number of carbonyl (C=O) groups excluding carboxylic acids is 2. The third-order valence-corrected chi connectivity index (χ3v) is 4.85. The molecule has 25 heavy (non-hydrogen) atoms. The summed E-state index contributed by atoms with van der Waals surface area (Å²) in [5, 5.41) is 5.46. The van der Waals surface area contributed by atoms with Crippen LogP contribution < -0.4 is 5.32 Å². The van der Waals surface area contributed by atoms with Crippen LogP contribution in [-0.4, -0.2) is 54.3 Å². The number of hydrogen-bond donors (Lipinski definition) is 1. The molecule has 2 aromatic carbocycles. The van der Waals surface area contributed by atoms with E-state index >= 15 is 0 Å². The lowest BCUT2D eigenvalue weighted by atomic mass is 10.00. The summed E-state index contributed by atoms with van der Waals surface area (Å²) >= 11 is 0. The molecule has 2 aromatic rings. The van der Waals surface area contributed by atoms with E-state index in [1.54, 1.807) is 6.92 Å². The van der Waals surface area contributed by atoms with Crippen molar-refractivity contribution in [3.63, 3.8) is 0 Å². The van der Waals surface area contributed by atoms with Gasteiger partial charge in [-0.1, -0.05) is 42.5 Å². The normalized spacial score (nSPS) is 16.6. The molecule has 1 aliphatic rings. The molecule has 1 heterocycles. The van der Waals surface area contributed by atoms with Crippen LogP contribution in [0.25, 0.3) is 10.8 Å². The van der Waals surface area contributed by atoms with Crippen molar-refractivity contribution in [2.45, 2.75) is 19.9 Å². The zero-order chi connectivity index (χ0) is 17.8. The molecule has 1 atom stereocenters. The summed E-state index contributed by atoms with van der Waals surface area (Å²) in [4.78, 5) is 27.7. The molecule has 1 N–H and O–H groups in total. The van der Waals surface area contributed by atoms with Crippen molar-refractivity contribution in [1.29, 1.82) is 0 Å². The standard InChI is InChI=1S/C20H25N3O2/c1-15(18-9-5-7-17-6-3-4-8-19(17)18)21-20(25)14-22-10-12-23(13-11-22)16(2)24/h3-9,15H,10-14H2,1-2H3,(H,21,25)/t15-/m0/s1. The molecule has 1 saturated heterocycles. The lowest BCUT2D eigenvalue weighted by molar-refractivity contribution is -0.131. The molecular formula is C20H25N3O2. The van der Waals surface area contributed by atoms with Crippen LogP contribution >= 0.6 is 0 Å². The minimum atomic E-state index is -0.0443. The first-order chi connectivity index (χ1) is 12.0. The van der Waals surface area contributed by atoms with E-state index in [1.807, 2.05) is 30.0 Å². The quantitative estimate of drug-likeness (QED) is 0.929. The van der Waals surface area contributed by atoms with E-state index in [4.69, 9.17) is 0 Å². The van der Waals surface area contributed by atoms with E-state index in [2.05, 4.69) is 34.5 Å². The maximum Gasteiger partial charge on any atom is 0.234 e. The first kappa shape index (κ1) is 17.4. The van der Waals surface area contributed by atoms with Gasteiger partial charge < -0.3 is 10.2 Å². The maximum absolute atomic E-state index is 12.4. The third-order valence-electron chi connectivity index (χ3n) is 4.85. The Hall–Kier alpha value is -2.40. The molecule has 1 fully saturated rings. The van der Waals surface area contributed by atoms with Crippen LogP contribution in [0.2, 0.25) is 0 Å². The highest BCUT2D eigenvalue weighted by Gasteiger charge is 2.21. The molecule has 0 saturated carbocycles. The second kappa shape index (κ2) is 7.66. The highest BCUT2D eigenvalue weighted by atomic mass is 16.2. The number of amides is 2. The van der Waals surface area contributed by atoms with Gasteiger partial charge in [-0.05, 0) is 23.3 Å². The SMILES string of the molecule is CC(=O)N1CCN(CC(=O)N[C@@H](C)c2cccc3ccccc23)CC1. The summed E-state index contributed by atoms with van der Waals surface area (Å²) < 4.78 is 0. The second-order valence-electron chi connectivity index (χ2n) is 6.64. The smallest absolute Gasteiger partial charge is 0.234 e. The fourth-order valence-electron chi connectivity index (χ4n) is 3.42. The molecule has 0 unspecified atom stereocenters. The number of hydrogen-bond acceptors (Lipinski definition) is 3. The molecule has 5 nitrogen and oxygen atoms in total. The van der Waals surface area contributed by atoms with Crippen LogP contribution in [0.3, 0.4) is 0 Å². The van der Waals surface area contributed by atoms with Gasteiger partial charge in [-0.3, -0.25) is 14.5 Å². The van der Waals surface area contributed by atoms with Gasteiger partial charge in [-0.25, -0.2) is 0 Å². The summed E-state index contributed by atoms with van der Waals surface area (Å²) in [6.45, 7) is 6.87. The first-order valence-electron chi connectivity index (χ1n) is 8.79. The minimum absolute atomic E-state index is 0.0247. The maximum atomic E-state index is 12.4. The Morgan fingerprint density at radius 2 is 1.72 bits per heavy atom. The minimum Gasteiger partial charge on any atom is -0.348 e. The van der Waals surface area contributed by atoms with Crippen LogP contribution in [0.1, 0.15) is 25.5 Å². The molecule has 3 rings (SSSR count). The molecule has 5 heteroatoms. The van der Waals surface area contributed by atoms with E-state index in [-0.39, 0.29) is 17.9 Å². The molecule has 0 bridgehead atoms. The van der Waals surface area contributed by atoms with Crippen LogP contribution in [0.15, 0.2) is 42.5 Å². The van der Waals surface area contributed by atoms with Crippen molar-refractivity contribution < 1.29 is 9.59 Å². The van der Waals surface area contributed by atoms with Crippen molar-refractivity contribution in [3.05, 3.63) is 48.0 Å². The van der Waals surface area contributed by atoms with E-state index in [0.717, 1.165) is 18.7 Å². The molecular weight excluding hydrogens is 314 g/mol. The van der Waals surface area contributed by atoms with E-state index < -0.39 is 0 Å². The molecule has 2 amide bonds. The Labute approximate surface area is 148 Å². The van der Waals surface area contributed by atoms with E-state index in [9.17, 15) is 9.59 Å². The van der Waals surface area contributed by atoms with Gasteiger partial charge in [0.25, 0.3) is 0 Å². The average molecular weight is 339 g/mol. The summed E-state index contributed by atoms with van der Waals surface area (Å²) in [7, 11) is 0. The summed E-state index contributed by atoms with van der Waals surface area (Å²) in [6, 6.07) is 14.4. The van der Waals surface area contributed by atoms with Crippen LogP contribution in [0.4, 0.5) is 0 Å². The Kier molecular flexibility index (Phi) is 5.34. The van der Waals surface area contributed by atoms with Gasteiger partial charge in [0.2, 0.25) is 11.8 Å². The molecule has 0 aromatic heterocycles. The monoisotopic (exact) mass is 339 g/mol. The van der Waals surface area contributed by atoms with Crippen LogP contribution in [0.5, 0.6) is 0 Å². The molecule has 0 aliphatic carbocycles. The summed E-state index contributed by atoms with van der Waals surface area (Å²) in [5.41, 5.74) is 1.13. The highest BCUT2D eigenvalue weighted by Crippen LogP contribution is 2.23. The fraction of sp³-hybridized carbons (Fsp3) is 0.400. The van der Waals surface area contributed by atoms with Gasteiger partial charge in [0.15, 0.2) is 0 Å². The predicted molar refractivity (Wildman–Crippen MR) is 99.2 cm³/mol. The van der Waals surface area contributed by atoms with Crippen LogP contribution in [-0.2, 0) is 9.59 Å². The Morgan fingerprint density at radius 1 is 1.04 bits per heavy atom. The second-order valence-corrected chi connectivity index (χ2v) is 6.64. The predicted octanol–water partition coefficient (Wildman–Crippen LogP) is 2.18. The van der Waals surface area contributed by atoms with Gasteiger partial charge in [0.05, 0.1) is 12.6 Å². The number of carbonyl (C=O) groups is 2. The summed E-state index contributed by atoms with van der Waals surface area (Å²) in [6.07, 6.45) is 0. The van der Waals surface area contributed by atoms with Crippen molar-refractivity contribution in [2.75, 3.05) is 32.7 Å². The first-order valence-corrected chi connectivity index (χ1v) is 8.79. The molecule has 132 valence electrons. The van der Waals surface area contributed by atoms with Crippen molar-refractivity contribution >= 4 is 22.6 Å². The molecule has 0 radical (unpaired) electrons. The van der Waals surface area contributed by atoms with Crippen LogP contribution in [0, 0.1) is 0 Å². The number of piperazine rings is 1. The number of fused-ring (bicyclic) bond motifs is 1. The van der Waals surface area contributed by atoms with Gasteiger partial charge in [0, 0.05) is 33.1 Å². The zero-order valence-electron chi connectivity index (χ0n) is 14.9. The fourth-order valence-corrected chi connectivity index (χ4v) is 3.42. The van der Waals surface area contributed by atoms with Crippen molar-refractivity contribution in [1.82, 2.24) is 15.1 Å². The van der Waals surface area contributed by atoms with Gasteiger partial charge in [0.1, 0.15) is 0 Å². The molecule has 1 aliphatic heterocycles. The van der Waals surface area contributed by atoms with Gasteiger partial charge >= 0.3 is 0 Å². The highest BCUT2D eigenvalue weighted by molar-refractivity contribution is 5.87. The number of benzene rings is 2. The number of rotatable bonds is 4. The van der Waals surface area contributed by atoms with E-state index in [1.165, 1.54) is 10.8 Å². The lowest BCUT2D eigenvalue weighted by Crippen LogP contribution is -2.50. The molecule has 0 spiro atoms. The topological polar surface area (TPSA) is 52.7 Å². The van der Waals surface area contributed by atoms with E-state index in [0.29, 0.717) is 19.6 Å². The zero-order valence-corrected chi connectivity index (χ0v) is 14.9. The van der Waals surface area contributed by atoms with Crippen molar-refractivity contribution in [3.8, 4) is 0 Å². The lowest BCUT2D eigenvalue weighted by Gasteiger charge is -2.33. The number of nitrogens with one attached hydrogen (secondary N) is 1.